The maximum Gasteiger partial charge on any atom is 0.249 e. The molecule has 1 atom stereocenters. The van der Waals surface area contributed by atoms with Crippen LogP contribution in [0.1, 0.15) is 6.92 Å². The lowest BCUT2D eigenvalue weighted by Gasteiger charge is -2.15. The summed E-state index contributed by atoms with van der Waals surface area (Å²) in [5.41, 5.74) is 0. The topological polar surface area (TPSA) is 57.2 Å². The fourth-order valence-electron chi connectivity index (χ4n) is 0.367. The van der Waals surface area contributed by atoms with E-state index in [2.05, 4.69) is 19.6 Å². The van der Waals surface area contributed by atoms with E-state index in [4.69, 9.17) is 5.11 Å². The SMILES string of the molecule is COOC(OOC)[C@H](C)O. The molecular formula is C5H12O5. The van der Waals surface area contributed by atoms with Gasteiger partial charge in [-0.05, 0) is 6.92 Å². The number of aliphatic hydroxyl groups is 1. The third kappa shape index (κ3) is 3.76. The third-order valence-electron chi connectivity index (χ3n) is 0.776. The van der Waals surface area contributed by atoms with Gasteiger partial charge in [-0.15, -0.1) is 0 Å². The Morgan fingerprint density at radius 3 is 1.70 bits per heavy atom. The molecule has 0 bridgehead atoms. The Labute approximate surface area is 59.3 Å². The average Bonchev–Trinajstić information content (AvgIpc) is 1.87. The second-order valence-corrected chi connectivity index (χ2v) is 1.63. The van der Waals surface area contributed by atoms with Crippen molar-refractivity contribution in [3.63, 3.8) is 0 Å². The molecule has 0 heterocycles. The monoisotopic (exact) mass is 152 g/mol. The summed E-state index contributed by atoms with van der Waals surface area (Å²) < 4.78 is 0. The van der Waals surface area contributed by atoms with E-state index < -0.39 is 12.4 Å². The highest BCUT2D eigenvalue weighted by atomic mass is 17.3. The molecule has 0 amide bonds. The molecule has 0 radical (unpaired) electrons. The van der Waals surface area contributed by atoms with E-state index in [1.807, 2.05) is 0 Å². The Kier molecular flexibility index (Phi) is 5.46. The summed E-state index contributed by atoms with van der Waals surface area (Å²) in [6.07, 6.45) is -1.71. The average molecular weight is 152 g/mol. The summed E-state index contributed by atoms with van der Waals surface area (Å²) in [6, 6.07) is 0. The number of hydrogen-bond donors (Lipinski definition) is 1. The van der Waals surface area contributed by atoms with Gasteiger partial charge < -0.3 is 5.11 Å². The zero-order valence-corrected chi connectivity index (χ0v) is 6.23. The van der Waals surface area contributed by atoms with Gasteiger partial charge in [-0.3, -0.25) is 0 Å². The summed E-state index contributed by atoms with van der Waals surface area (Å²) in [5, 5.41) is 8.86. The van der Waals surface area contributed by atoms with E-state index in [1.54, 1.807) is 0 Å². The van der Waals surface area contributed by atoms with Crippen LogP contribution in [0.5, 0.6) is 0 Å². The van der Waals surface area contributed by atoms with Crippen molar-refractivity contribution in [3.8, 4) is 0 Å². The molecule has 5 heteroatoms. The highest BCUT2D eigenvalue weighted by Gasteiger charge is 2.17. The lowest BCUT2D eigenvalue weighted by molar-refractivity contribution is -0.461. The van der Waals surface area contributed by atoms with E-state index in [0.29, 0.717) is 0 Å². The molecule has 0 aliphatic rings. The molecule has 0 rings (SSSR count). The lowest BCUT2D eigenvalue weighted by Crippen LogP contribution is -2.28. The van der Waals surface area contributed by atoms with Crippen LogP contribution in [-0.4, -0.2) is 31.7 Å². The van der Waals surface area contributed by atoms with Gasteiger partial charge in [-0.25, -0.2) is 9.78 Å². The first kappa shape index (κ1) is 9.80. The van der Waals surface area contributed by atoms with Gasteiger partial charge in [0.1, 0.15) is 6.10 Å². The molecule has 0 unspecified atom stereocenters. The van der Waals surface area contributed by atoms with Crippen molar-refractivity contribution in [1.29, 1.82) is 0 Å². The van der Waals surface area contributed by atoms with E-state index in [-0.39, 0.29) is 0 Å². The van der Waals surface area contributed by atoms with Crippen molar-refractivity contribution in [1.82, 2.24) is 0 Å². The van der Waals surface area contributed by atoms with Crippen molar-refractivity contribution in [2.75, 3.05) is 14.2 Å². The summed E-state index contributed by atoms with van der Waals surface area (Å²) >= 11 is 0. The molecule has 0 aliphatic heterocycles. The highest BCUT2D eigenvalue weighted by Crippen LogP contribution is 2.00. The Balaban J connectivity index is 3.50. The summed E-state index contributed by atoms with van der Waals surface area (Å²) in [6.45, 7) is 1.49. The lowest BCUT2D eigenvalue weighted by atomic mass is 10.4. The summed E-state index contributed by atoms with van der Waals surface area (Å²) in [5.74, 6) is 0. The van der Waals surface area contributed by atoms with Crippen LogP contribution in [0.25, 0.3) is 0 Å². The van der Waals surface area contributed by atoms with Crippen molar-refractivity contribution in [3.05, 3.63) is 0 Å². The second-order valence-electron chi connectivity index (χ2n) is 1.63. The molecule has 0 aromatic heterocycles. The Bertz CT molecular complexity index is 68.4. The van der Waals surface area contributed by atoms with Gasteiger partial charge in [0, 0.05) is 0 Å². The molecule has 0 aliphatic carbocycles. The first-order valence-corrected chi connectivity index (χ1v) is 2.79. The summed E-state index contributed by atoms with van der Waals surface area (Å²) in [7, 11) is 2.63. The second kappa shape index (κ2) is 5.57. The molecule has 0 saturated carbocycles. The molecule has 0 fully saturated rings. The van der Waals surface area contributed by atoms with Crippen molar-refractivity contribution in [2.45, 2.75) is 19.3 Å². The molecule has 0 aromatic carbocycles. The smallest absolute Gasteiger partial charge is 0.249 e. The van der Waals surface area contributed by atoms with Crippen molar-refractivity contribution >= 4 is 0 Å². The molecule has 62 valence electrons. The van der Waals surface area contributed by atoms with Crippen LogP contribution in [0.2, 0.25) is 0 Å². The Morgan fingerprint density at radius 1 is 1.10 bits per heavy atom. The van der Waals surface area contributed by atoms with Gasteiger partial charge in [0.05, 0.1) is 14.2 Å². The van der Waals surface area contributed by atoms with Crippen LogP contribution in [0, 0.1) is 0 Å². The zero-order chi connectivity index (χ0) is 7.98. The van der Waals surface area contributed by atoms with Gasteiger partial charge in [0.15, 0.2) is 0 Å². The van der Waals surface area contributed by atoms with E-state index >= 15 is 0 Å². The third-order valence-corrected chi connectivity index (χ3v) is 0.776. The number of aliphatic hydroxyl groups excluding tert-OH is 1. The molecule has 10 heavy (non-hydrogen) atoms. The predicted octanol–water partition coefficient (Wildman–Crippen LogP) is -0.151. The maximum atomic E-state index is 8.86. The van der Waals surface area contributed by atoms with E-state index in [1.165, 1.54) is 21.1 Å². The molecule has 0 aromatic rings. The van der Waals surface area contributed by atoms with Gasteiger partial charge in [0.25, 0.3) is 0 Å². The molecule has 0 spiro atoms. The quantitative estimate of drug-likeness (QED) is 0.337. The van der Waals surface area contributed by atoms with Crippen LogP contribution in [0.4, 0.5) is 0 Å². The normalized spacial score (nSPS) is 14.1. The van der Waals surface area contributed by atoms with Gasteiger partial charge in [0.2, 0.25) is 6.29 Å². The van der Waals surface area contributed by atoms with Crippen LogP contribution < -0.4 is 0 Å². The molecule has 0 saturated heterocycles. The fraction of sp³-hybridized carbons (Fsp3) is 1.00. The first-order valence-electron chi connectivity index (χ1n) is 2.79. The fourth-order valence-corrected chi connectivity index (χ4v) is 0.367. The van der Waals surface area contributed by atoms with Crippen LogP contribution >= 0.6 is 0 Å². The Hall–Kier alpha value is -0.200. The van der Waals surface area contributed by atoms with Crippen LogP contribution in [0.3, 0.4) is 0 Å². The molecule has 1 N–H and O–H groups in total. The molecule has 5 nitrogen and oxygen atoms in total. The van der Waals surface area contributed by atoms with Crippen molar-refractivity contribution < 1.29 is 24.7 Å². The maximum absolute atomic E-state index is 8.86. The van der Waals surface area contributed by atoms with Gasteiger partial charge in [-0.1, -0.05) is 0 Å². The zero-order valence-electron chi connectivity index (χ0n) is 6.23. The minimum Gasteiger partial charge on any atom is -0.388 e. The van der Waals surface area contributed by atoms with Crippen LogP contribution in [0.15, 0.2) is 0 Å². The van der Waals surface area contributed by atoms with Gasteiger partial charge >= 0.3 is 0 Å². The predicted molar refractivity (Wildman–Crippen MR) is 31.7 cm³/mol. The minimum atomic E-state index is -0.907. The number of rotatable bonds is 5. The van der Waals surface area contributed by atoms with E-state index in [0.717, 1.165) is 0 Å². The van der Waals surface area contributed by atoms with Crippen LogP contribution in [-0.2, 0) is 19.6 Å². The largest absolute Gasteiger partial charge is 0.388 e. The van der Waals surface area contributed by atoms with E-state index in [9.17, 15) is 0 Å². The minimum absolute atomic E-state index is 0.806. The standard InChI is InChI=1S/C5H12O5/c1-4(6)5(9-7-2)10-8-3/h4-6H,1-3H3/t4-/m0/s1. The first-order chi connectivity index (χ1) is 4.72. The summed E-state index contributed by atoms with van der Waals surface area (Å²) in [4.78, 5) is 17.4. The highest BCUT2D eigenvalue weighted by molar-refractivity contribution is 4.46. The molecular weight excluding hydrogens is 140 g/mol. The number of hydrogen-bond acceptors (Lipinski definition) is 5. The van der Waals surface area contributed by atoms with Crippen molar-refractivity contribution in [2.24, 2.45) is 0 Å². The Morgan fingerprint density at radius 2 is 1.50 bits per heavy atom. The van der Waals surface area contributed by atoms with Gasteiger partial charge in [-0.2, -0.15) is 9.78 Å².